The van der Waals surface area contributed by atoms with Gasteiger partial charge in [-0.05, 0) is 72.1 Å². The molecular formula is C30H26N6O10S2. The van der Waals surface area contributed by atoms with E-state index in [1.54, 1.807) is 72.8 Å². The topological polar surface area (TPSA) is 224 Å². The third kappa shape index (κ3) is 8.79. The number of fused-ring (bicyclic) bond motifs is 1. The summed E-state index contributed by atoms with van der Waals surface area (Å²) >= 11 is 1.34. The van der Waals surface area contributed by atoms with Crippen LogP contribution in [0.25, 0.3) is 10.8 Å². The smallest absolute Gasteiger partial charge is 0.159 e. The van der Waals surface area contributed by atoms with E-state index in [1.165, 1.54) is 19.2 Å². The quantitative estimate of drug-likeness (QED) is 0.0150. The lowest BCUT2D eigenvalue weighted by Gasteiger charge is -2.12. The number of hydrogen-bond acceptors (Lipinski definition) is 18. The SMILES string of the molecule is COc1cc(N=Nc2c(SOOO)cc3cc(NCOc4ccc(N)cc4)ccc3c2O)c(O)cc1N=Nc1cccc(SOOO)c1. The van der Waals surface area contributed by atoms with Crippen molar-refractivity contribution in [2.75, 3.05) is 24.9 Å². The van der Waals surface area contributed by atoms with Crippen molar-refractivity contribution in [1.29, 1.82) is 0 Å². The summed E-state index contributed by atoms with van der Waals surface area (Å²) < 4.78 is 20.2. The number of nitrogens with two attached hydrogens (primary N) is 1. The molecule has 0 saturated heterocycles. The Morgan fingerprint density at radius 2 is 1.56 bits per heavy atom. The third-order valence-corrected chi connectivity index (χ3v) is 7.58. The van der Waals surface area contributed by atoms with E-state index < -0.39 is 0 Å². The summed E-state index contributed by atoms with van der Waals surface area (Å²) in [5.41, 5.74) is 7.60. The Morgan fingerprint density at radius 1 is 0.792 bits per heavy atom. The third-order valence-electron chi connectivity index (χ3n) is 6.39. The van der Waals surface area contributed by atoms with Gasteiger partial charge in [0.1, 0.15) is 34.3 Å². The van der Waals surface area contributed by atoms with E-state index in [0.29, 0.717) is 50.5 Å². The number of ether oxygens (including phenoxy) is 2. The van der Waals surface area contributed by atoms with Gasteiger partial charge in [-0.15, -0.1) is 24.0 Å². The molecular weight excluding hydrogens is 668 g/mol. The number of phenolic OH excluding ortho intramolecular Hbond substituents is 2. The number of nitrogens with one attached hydrogen (secondary N) is 1. The summed E-state index contributed by atoms with van der Waals surface area (Å²) in [7, 11) is 1.40. The van der Waals surface area contributed by atoms with Gasteiger partial charge in [0.15, 0.2) is 12.5 Å². The van der Waals surface area contributed by atoms with E-state index >= 15 is 0 Å². The summed E-state index contributed by atoms with van der Waals surface area (Å²) in [4.78, 5) is 0.801. The Hall–Kier alpha value is -5.18. The van der Waals surface area contributed by atoms with Crippen LogP contribution in [0, 0.1) is 0 Å². The van der Waals surface area contributed by atoms with Crippen molar-refractivity contribution in [1.82, 2.24) is 0 Å². The number of nitrogen functional groups attached to an aromatic ring is 1. The maximum Gasteiger partial charge on any atom is 0.159 e. The van der Waals surface area contributed by atoms with Crippen LogP contribution in [0.15, 0.2) is 115 Å². The van der Waals surface area contributed by atoms with Crippen LogP contribution >= 0.6 is 24.1 Å². The van der Waals surface area contributed by atoms with Crippen molar-refractivity contribution in [2.45, 2.75) is 9.79 Å². The Morgan fingerprint density at radius 3 is 2.33 bits per heavy atom. The summed E-state index contributed by atoms with van der Waals surface area (Å²) in [6, 6.07) is 23.1. The van der Waals surface area contributed by atoms with E-state index in [4.69, 9.17) is 25.7 Å². The van der Waals surface area contributed by atoms with E-state index in [9.17, 15) is 10.2 Å². The van der Waals surface area contributed by atoms with Gasteiger partial charge in [-0.25, -0.2) is 10.5 Å². The minimum Gasteiger partial charge on any atom is -0.506 e. The first-order chi connectivity index (χ1) is 23.4. The molecule has 0 spiro atoms. The fourth-order valence-electron chi connectivity index (χ4n) is 4.18. The number of benzene rings is 5. The highest BCUT2D eigenvalue weighted by molar-refractivity contribution is 7.94. The monoisotopic (exact) mass is 694 g/mol. The lowest BCUT2D eigenvalue weighted by Crippen LogP contribution is -2.08. The van der Waals surface area contributed by atoms with Gasteiger partial charge in [0.05, 0.1) is 41.8 Å². The number of nitrogens with zero attached hydrogens (tertiary/aromatic N) is 4. The molecule has 7 N–H and O–H groups in total. The molecule has 5 rings (SSSR count). The van der Waals surface area contributed by atoms with Gasteiger partial charge in [-0.3, -0.25) is 0 Å². The van der Waals surface area contributed by atoms with Crippen LogP contribution in [0.3, 0.4) is 0 Å². The van der Waals surface area contributed by atoms with Gasteiger partial charge >= 0.3 is 0 Å². The predicted molar refractivity (Wildman–Crippen MR) is 176 cm³/mol. The second-order valence-electron chi connectivity index (χ2n) is 9.40. The molecule has 0 radical (unpaired) electrons. The van der Waals surface area contributed by atoms with Crippen LogP contribution in [-0.2, 0) is 18.7 Å². The molecule has 0 aromatic heterocycles. The normalized spacial score (nSPS) is 11.5. The van der Waals surface area contributed by atoms with Crippen LogP contribution in [0.5, 0.6) is 23.0 Å². The highest BCUT2D eigenvalue weighted by atomic mass is 32.2. The molecule has 0 aliphatic heterocycles. The minimum absolute atomic E-state index is 0.0132. The van der Waals surface area contributed by atoms with E-state index in [0.717, 1.165) is 12.0 Å². The highest BCUT2D eigenvalue weighted by Gasteiger charge is 2.17. The van der Waals surface area contributed by atoms with Gasteiger partial charge in [0.2, 0.25) is 0 Å². The summed E-state index contributed by atoms with van der Waals surface area (Å²) in [5.74, 6) is 0.282. The number of azo groups is 2. The second-order valence-corrected chi connectivity index (χ2v) is 10.9. The van der Waals surface area contributed by atoms with E-state index in [2.05, 4.69) is 44.5 Å². The number of phenols is 2. The fourth-order valence-corrected chi connectivity index (χ4v) is 5.08. The number of anilines is 2. The number of methoxy groups -OCH3 is 1. The summed E-state index contributed by atoms with van der Waals surface area (Å²) in [5, 5.41) is 67.1. The first-order valence-electron chi connectivity index (χ1n) is 13.5. The van der Waals surface area contributed by atoms with E-state index in [1.807, 2.05) is 0 Å². The molecule has 0 amide bonds. The maximum absolute atomic E-state index is 11.2. The van der Waals surface area contributed by atoms with Gasteiger partial charge in [-0.2, -0.15) is 5.11 Å². The molecule has 0 bridgehead atoms. The highest BCUT2D eigenvalue weighted by Crippen LogP contribution is 2.46. The number of rotatable bonds is 15. The predicted octanol–water partition coefficient (Wildman–Crippen LogP) is 8.98. The Balaban J connectivity index is 1.38. The van der Waals surface area contributed by atoms with Gasteiger partial charge < -0.3 is 30.7 Å². The molecule has 48 heavy (non-hydrogen) atoms. The van der Waals surface area contributed by atoms with Gasteiger partial charge in [0, 0.05) is 33.8 Å². The Labute approximate surface area is 280 Å². The molecule has 16 nitrogen and oxygen atoms in total. The Bertz CT molecular complexity index is 1930. The zero-order chi connectivity index (χ0) is 33.9. The molecule has 0 unspecified atom stereocenters. The van der Waals surface area contributed by atoms with Crippen LogP contribution in [0.4, 0.5) is 34.1 Å². The molecule has 5 aromatic rings. The molecule has 248 valence electrons. The summed E-state index contributed by atoms with van der Waals surface area (Å²) in [6.45, 7) is 0.160. The molecule has 0 aliphatic carbocycles. The van der Waals surface area contributed by atoms with Crippen LogP contribution in [0.2, 0.25) is 0 Å². The molecule has 0 fully saturated rings. The average molecular weight is 695 g/mol. The van der Waals surface area contributed by atoms with Crippen molar-refractivity contribution < 1.29 is 48.9 Å². The van der Waals surface area contributed by atoms with Crippen molar-refractivity contribution in [2.24, 2.45) is 20.5 Å². The van der Waals surface area contributed by atoms with Crippen LogP contribution < -0.4 is 20.5 Å². The molecule has 5 aromatic carbocycles. The van der Waals surface area contributed by atoms with E-state index in [-0.39, 0.29) is 45.9 Å². The van der Waals surface area contributed by atoms with Crippen LogP contribution in [0.1, 0.15) is 0 Å². The van der Waals surface area contributed by atoms with Crippen molar-refractivity contribution in [3.8, 4) is 23.0 Å². The summed E-state index contributed by atoms with van der Waals surface area (Å²) in [6.07, 6.45) is 0. The van der Waals surface area contributed by atoms with Crippen molar-refractivity contribution in [3.05, 3.63) is 84.9 Å². The molecule has 0 aliphatic rings. The van der Waals surface area contributed by atoms with Gasteiger partial charge in [0.25, 0.3) is 0 Å². The maximum atomic E-state index is 11.2. The zero-order valence-corrected chi connectivity index (χ0v) is 26.3. The fraction of sp³-hybridized carbons (Fsp3) is 0.0667. The molecule has 0 saturated carbocycles. The van der Waals surface area contributed by atoms with Crippen molar-refractivity contribution >= 4 is 69.0 Å². The second kappa shape index (κ2) is 16.6. The average Bonchev–Trinajstić information content (AvgIpc) is 3.10. The first-order valence-corrected chi connectivity index (χ1v) is 15.0. The number of hydrogen-bond donors (Lipinski definition) is 6. The lowest BCUT2D eigenvalue weighted by atomic mass is 10.1. The van der Waals surface area contributed by atoms with Gasteiger partial charge in [-0.1, -0.05) is 16.1 Å². The molecule has 0 atom stereocenters. The standard InChI is InChI=1S/C30H26N6O10S2/c1-41-27-15-24(26(37)14-25(27)35-33-20-3-2-4-22(13-20)47-45-43-39)34-36-29-28(48-46-44-40)12-17-11-19(7-10-23(17)30(29)38)32-16-42-21-8-5-18(31)6-9-21/h2-15,32,37-40H,16,31H2,1H3. The number of aromatic hydroxyl groups is 2. The van der Waals surface area contributed by atoms with Crippen molar-refractivity contribution in [3.63, 3.8) is 0 Å². The zero-order valence-electron chi connectivity index (χ0n) is 24.7. The Kier molecular flexibility index (Phi) is 11.8. The largest absolute Gasteiger partial charge is 0.506 e. The minimum atomic E-state index is -0.312. The first kappa shape index (κ1) is 34.2. The molecule has 18 heteroatoms. The molecule has 0 heterocycles. The van der Waals surface area contributed by atoms with Crippen LogP contribution in [-0.4, -0.2) is 34.6 Å². The lowest BCUT2D eigenvalue weighted by molar-refractivity contribution is -0.432.